The largest absolute Gasteiger partial charge is 0.334 e. The van der Waals surface area contributed by atoms with Crippen molar-refractivity contribution in [3.8, 4) is 0 Å². The number of nitrogens with zero attached hydrogens (tertiary/aromatic N) is 3. The van der Waals surface area contributed by atoms with Crippen LogP contribution in [0.15, 0.2) is 30.5 Å². The van der Waals surface area contributed by atoms with Gasteiger partial charge in [-0.2, -0.15) is 4.98 Å². The van der Waals surface area contributed by atoms with Gasteiger partial charge in [0.25, 0.3) is 0 Å². The zero-order valence-corrected chi connectivity index (χ0v) is 10.3. The molecule has 0 bridgehead atoms. The van der Waals surface area contributed by atoms with Crippen molar-refractivity contribution in [1.29, 1.82) is 0 Å². The van der Waals surface area contributed by atoms with E-state index in [0.717, 1.165) is 6.20 Å². The maximum absolute atomic E-state index is 10.9. The molecule has 0 saturated carbocycles. The maximum atomic E-state index is 10.9. The average Bonchev–Trinajstić information content (AvgIpc) is 2.41. The van der Waals surface area contributed by atoms with Crippen LogP contribution in [-0.4, -0.2) is 14.9 Å². The van der Waals surface area contributed by atoms with E-state index in [4.69, 9.17) is 17.4 Å². The molecule has 19 heavy (non-hydrogen) atoms. The first-order valence-electron chi connectivity index (χ1n) is 5.11. The van der Waals surface area contributed by atoms with Gasteiger partial charge in [0.1, 0.15) is 6.20 Å². The highest BCUT2D eigenvalue weighted by molar-refractivity contribution is 6.30. The molecule has 0 aliphatic carbocycles. The second-order valence-electron chi connectivity index (χ2n) is 3.46. The molecule has 8 nitrogen and oxygen atoms in total. The minimum Gasteiger partial charge on any atom is -0.334 e. The first-order valence-corrected chi connectivity index (χ1v) is 5.48. The van der Waals surface area contributed by atoms with Crippen molar-refractivity contribution >= 4 is 34.7 Å². The molecule has 4 N–H and O–H groups in total. The predicted molar refractivity (Wildman–Crippen MR) is 71.2 cm³/mol. The van der Waals surface area contributed by atoms with Gasteiger partial charge in [-0.1, -0.05) is 11.6 Å². The Kier molecular flexibility index (Phi) is 3.74. The zero-order chi connectivity index (χ0) is 13.8. The summed E-state index contributed by atoms with van der Waals surface area (Å²) in [6.07, 6.45) is 1.07. The number of halogens is 1. The van der Waals surface area contributed by atoms with Crippen LogP contribution in [-0.2, 0) is 0 Å². The van der Waals surface area contributed by atoms with Gasteiger partial charge in [-0.25, -0.2) is 10.8 Å². The lowest BCUT2D eigenvalue weighted by Gasteiger charge is -2.07. The Hall–Kier alpha value is -2.45. The van der Waals surface area contributed by atoms with Gasteiger partial charge < -0.3 is 5.32 Å². The van der Waals surface area contributed by atoms with Crippen LogP contribution in [0, 0.1) is 10.1 Å². The van der Waals surface area contributed by atoms with Crippen LogP contribution in [0.1, 0.15) is 0 Å². The average molecular weight is 281 g/mol. The van der Waals surface area contributed by atoms with Crippen molar-refractivity contribution in [2.45, 2.75) is 0 Å². The van der Waals surface area contributed by atoms with Crippen LogP contribution in [0.2, 0.25) is 5.02 Å². The van der Waals surface area contributed by atoms with Crippen molar-refractivity contribution in [3.05, 3.63) is 45.6 Å². The molecule has 2 aromatic rings. The van der Waals surface area contributed by atoms with Gasteiger partial charge in [0, 0.05) is 10.7 Å². The Labute approximate surface area is 112 Å². The highest BCUT2D eigenvalue weighted by Gasteiger charge is 2.17. The summed E-state index contributed by atoms with van der Waals surface area (Å²) in [7, 11) is 0. The third-order valence-electron chi connectivity index (χ3n) is 2.20. The number of benzene rings is 1. The fourth-order valence-corrected chi connectivity index (χ4v) is 1.47. The van der Waals surface area contributed by atoms with Gasteiger partial charge in [0.05, 0.1) is 4.92 Å². The Bertz CT molecular complexity index is 603. The number of nitro groups is 1. The minimum absolute atomic E-state index is 0.0373. The summed E-state index contributed by atoms with van der Waals surface area (Å²) >= 11 is 5.76. The minimum atomic E-state index is -0.585. The molecule has 2 rings (SSSR count). The van der Waals surface area contributed by atoms with Crippen LogP contribution in [0.5, 0.6) is 0 Å². The summed E-state index contributed by atoms with van der Waals surface area (Å²) in [5.41, 5.74) is 2.57. The van der Waals surface area contributed by atoms with E-state index < -0.39 is 4.92 Å². The summed E-state index contributed by atoms with van der Waals surface area (Å²) < 4.78 is 0. The topological polar surface area (TPSA) is 119 Å². The Morgan fingerprint density at radius 2 is 2.00 bits per heavy atom. The van der Waals surface area contributed by atoms with Gasteiger partial charge in [0.15, 0.2) is 0 Å². The molecular weight excluding hydrogens is 272 g/mol. The molecular formula is C10H9ClN6O2. The summed E-state index contributed by atoms with van der Waals surface area (Å²) in [5.74, 6) is 5.28. The van der Waals surface area contributed by atoms with E-state index >= 15 is 0 Å². The molecule has 0 saturated heterocycles. The number of hydrogen-bond acceptors (Lipinski definition) is 7. The predicted octanol–water partition coefficient (Wildman–Crippen LogP) is 2.07. The summed E-state index contributed by atoms with van der Waals surface area (Å²) in [4.78, 5) is 17.9. The maximum Gasteiger partial charge on any atom is 0.329 e. The smallest absolute Gasteiger partial charge is 0.329 e. The first kappa shape index (κ1) is 13.0. The van der Waals surface area contributed by atoms with Crippen molar-refractivity contribution in [2.24, 2.45) is 5.84 Å². The van der Waals surface area contributed by atoms with E-state index in [9.17, 15) is 10.1 Å². The van der Waals surface area contributed by atoms with Gasteiger partial charge in [-0.05, 0) is 24.3 Å². The van der Waals surface area contributed by atoms with Gasteiger partial charge in [-0.3, -0.25) is 15.5 Å². The molecule has 0 aliphatic heterocycles. The molecule has 0 unspecified atom stereocenters. The highest BCUT2D eigenvalue weighted by atomic mass is 35.5. The molecule has 0 spiro atoms. The molecule has 1 heterocycles. The number of hydrogen-bond donors (Lipinski definition) is 3. The van der Waals surface area contributed by atoms with E-state index in [0.29, 0.717) is 10.7 Å². The molecule has 1 aromatic heterocycles. The lowest BCUT2D eigenvalue weighted by atomic mass is 10.3. The van der Waals surface area contributed by atoms with Crippen LogP contribution >= 0.6 is 11.6 Å². The zero-order valence-electron chi connectivity index (χ0n) is 9.50. The van der Waals surface area contributed by atoms with Gasteiger partial charge >= 0.3 is 5.69 Å². The number of rotatable bonds is 4. The molecule has 0 radical (unpaired) electrons. The standard InChI is InChI=1S/C10H9ClN6O2/c11-6-1-3-7(4-2-6)14-9-8(17(18)19)5-13-10(15-9)16-12/h1-5H,12H2,(H2,13,14,15,16). The Morgan fingerprint density at radius 1 is 1.32 bits per heavy atom. The van der Waals surface area contributed by atoms with Crippen molar-refractivity contribution in [3.63, 3.8) is 0 Å². The van der Waals surface area contributed by atoms with Crippen LogP contribution in [0.25, 0.3) is 0 Å². The SMILES string of the molecule is NNc1ncc([N+](=O)[O-])c(Nc2ccc(Cl)cc2)n1. The number of aromatic nitrogens is 2. The summed E-state index contributed by atoms with van der Waals surface area (Å²) in [6, 6.07) is 6.64. The number of anilines is 3. The van der Waals surface area contributed by atoms with E-state index in [1.165, 1.54) is 0 Å². The normalized spacial score (nSPS) is 10.0. The molecule has 9 heteroatoms. The quantitative estimate of drug-likeness (QED) is 0.445. The molecule has 0 amide bonds. The third kappa shape index (κ3) is 3.06. The molecule has 0 atom stereocenters. The van der Waals surface area contributed by atoms with Gasteiger partial charge in [-0.15, -0.1) is 0 Å². The fraction of sp³-hybridized carbons (Fsp3) is 0. The fourth-order valence-electron chi connectivity index (χ4n) is 1.34. The monoisotopic (exact) mass is 280 g/mol. The van der Waals surface area contributed by atoms with E-state index in [2.05, 4.69) is 20.7 Å². The molecule has 98 valence electrons. The van der Waals surface area contributed by atoms with E-state index in [1.54, 1.807) is 24.3 Å². The molecule has 0 aliphatic rings. The van der Waals surface area contributed by atoms with Crippen LogP contribution < -0.4 is 16.6 Å². The van der Waals surface area contributed by atoms with Crippen LogP contribution in [0.3, 0.4) is 0 Å². The number of nitrogen functional groups attached to an aromatic ring is 1. The summed E-state index contributed by atoms with van der Waals surface area (Å²) in [6.45, 7) is 0. The number of nitrogens with two attached hydrogens (primary N) is 1. The second-order valence-corrected chi connectivity index (χ2v) is 3.90. The molecule has 1 aromatic carbocycles. The van der Waals surface area contributed by atoms with Crippen LogP contribution in [0.4, 0.5) is 23.1 Å². The van der Waals surface area contributed by atoms with Gasteiger partial charge in [0.2, 0.25) is 11.8 Å². The Morgan fingerprint density at radius 3 is 2.58 bits per heavy atom. The second kappa shape index (κ2) is 5.46. The number of hydrazine groups is 1. The number of nitrogens with one attached hydrogen (secondary N) is 2. The first-order chi connectivity index (χ1) is 9.10. The highest BCUT2D eigenvalue weighted by Crippen LogP contribution is 2.26. The lowest BCUT2D eigenvalue weighted by molar-refractivity contribution is -0.384. The van der Waals surface area contributed by atoms with Crippen molar-refractivity contribution in [1.82, 2.24) is 9.97 Å². The van der Waals surface area contributed by atoms with E-state index in [1.807, 2.05) is 0 Å². The van der Waals surface area contributed by atoms with Crippen molar-refractivity contribution in [2.75, 3.05) is 10.7 Å². The van der Waals surface area contributed by atoms with E-state index in [-0.39, 0.29) is 17.5 Å². The lowest BCUT2D eigenvalue weighted by Crippen LogP contribution is -2.12. The summed E-state index contributed by atoms with van der Waals surface area (Å²) in [5, 5.41) is 14.2. The van der Waals surface area contributed by atoms with Crippen molar-refractivity contribution < 1.29 is 4.92 Å². The molecule has 0 fully saturated rings. The Balaban J connectivity index is 2.36. The third-order valence-corrected chi connectivity index (χ3v) is 2.45.